The molecule has 0 bridgehead atoms. The third-order valence-electron chi connectivity index (χ3n) is 5.66. The number of rotatable bonds is 10. The summed E-state index contributed by atoms with van der Waals surface area (Å²) in [6.07, 6.45) is 4.84. The Morgan fingerprint density at radius 2 is 1.82 bits per heavy atom. The predicted molar refractivity (Wildman–Crippen MR) is 136 cm³/mol. The van der Waals surface area contributed by atoms with Gasteiger partial charge in [-0.25, -0.2) is 4.79 Å². The van der Waals surface area contributed by atoms with Gasteiger partial charge in [-0.1, -0.05) is 47.5 Å². The smallest absolute Gasteiger partial charge is 0.328 e. The quantitative estimate of drug-likeness (QED) is 0.369. The molecule has 0 radical (unpaired) electrons. The molecule has 0 heterocycles. The lowest BCUT2D eigenvalue weighted by Crippen LogP contribution is -2.46. The molecular formula is C25H30Cl3NO4. The van der Waals surface area contributed by atoms with E-state index >= 15 is 0 Å². The van der Waals surface area contributed by atoms with Gasteiger partial charge in [0.15, 0.2) is 0 Å². The van der Waals surface area contributed by atoms with E-state index in [0.29, 0.717) is 23.8 Å². The van der Waals surface area contributed by atoms with Gasteiger partial charge in [0.25, 0.3) is 0 Å². The van der Waals surface area contributed by atoms with Crippen molar-refractivity contribution in [2.75, 3.05) is 13.2 Å². The molecule has 0 aromatic heterocycles. The number of aliphatic hydroxyl groups excluding tert-OH is 1. The zero-order chi connectivity index (χ0) is 23.3. The Labute approximate surface area is 211 Å². The van der Waals surface area contributed by atoms with Gasteiger partial charge in [-0.15, -0.1) is 12.4 Å². The molecule has 2 aromatic carbocycles. The number of aliphatic carboxylic acids is 1. The highest BCUT2D eigenvalue weighted by Crippen LogP contribution is 2.35. The summed E-state index contributed by atoms with van der Waals surface area (Å²) in [6.45, 7) is 4.75. The van der Waals surface area contributed by atoms with Gasteiger partial charge in [0, 0.05) is 18.2 Å². The number of ether oxygens (including phenoxy) is 1. The normalized spacial score (nSPS) is 14.7. The third-order valence-corrected chi connectivity index (χ3v) is 6.54. The molecule has 2 aromatic rings. The van der Waals surface area contributed by atoms with Crippen LogP contribution in [0.25, 0.3) is 6.08 Å². The van der Waals surface area contributed by atoms with Crippen LogP contribution >= 0.6 is 35.6 Å². The van der Waals surface area contributed by atoms with E-state index in [0.717, 1.165) is 25.3 Å². The monoisotopic (exact) mass is 513 g/mol. The number of nitrogens with one attached hydrogen (secondary N) is 1. The van der Waals surface area contributed by atoms with Crippen molar-refractivity contribution in [2.24, 2.45) is 5.92 Å². The number of halogens is 3. The van der Waals surface area contributed by atoms with E-state index in [-0.39, 0.29) is 34.6 Å². The first kappa shape index (κ1) is 27.5. The summed E-state index contributed by atoms with van der Waals surface area (Å²) in [6, 6.07) is 11.8. The fraction of sp³-hybridized carbons (Fsp3) is 0.400. The molecule has 1 aliphatic rings. The van der Waals surface area contributed by atoms with Crippen LogP contribution in [-0.2, 0) is 17.6 Å². The third kappa shape index (κ3) is 7.90. The SMILES string of the molecule is CC(C)(CC1Cc2ccccc2C1)NCC(O)COc1ccc(/C=C/C(=O)O)c(Cl)c1Cl.Cl. The largest absolute Gasteiger partial charge is 0.489 e. The number of hydrogen-bond donors (Lipinski definition) is 3. The predicted octanol–water partition coefficient (Wildman–Crippen LogP) is 5.43. The number of hydrogen-bond acceptors (Lipinski definition) is 4. The highest BCUT2D eigenvalue weighted by atomic mass is 35.5. The first-order valence-electron chi connectivity index (χ1n) is 10.7. The molecule has 1 atom stereocenters. The van der Waals surface area contributed by atoms with E-state index < -0.39 is 12.1 Å². The lowest BCUT2D eigenvalue weighted by atomic mass is 9.88. The first-order chi connectivity index (χ1) is 15.1. The topological polar surface area (TPSA) is 78.8 Å². The maximum atomic E-state index is 10.7. The zero-order valence-corrected chi connectivity index (χ0v) is 21.0. The second-order valence-corrected chi connectivity index (χ2v) is 9.69. The van der Waals surface area contributed by atoms with Crippen LogP contribution in [0.2, 0.25) is 10.0 Å². The van der Waals surface area contributed by atoms with E-state index in [2.05, 4.69) is 43.4 Å². The van der Waals surface area contributed by atoms with Gasteiger partial charge in [-0.3, -0.25) is 0 Å². The summed E-state index contributed by atoms with van der Waals surface area (Å²) in [5.41, 5.74) is 3.25. The molecule has 3 rings (SSSR count). The Kier molecular flexibility index (Phi) is 10.1. The van der Waals surface area contributed by atoms with E-state index in [1.165, 1.54) is 17.2 Å². The summed E-state index contributed by atoms with van der Waals surface area (Å²) >= 11 is 12.4. The number of carbonyl (C=O) groups is 1. The van der Waals surface area contributed by atoms with E-state index in [1.54, 1.807) is 12.1 Å². The minimum absolute atomic E-state index is 0. The van der Waals surface area contributed by atoms with Crippen molar-refractivity contribution < 1.29 is 19.7 Å². The molecule has 0 aliphatic heterocycles. The first-order valence-corrected chi connectivity index (χ1v) is 11.4. The van der Waals surface area contributed by atoms with Crippen LogP contribution in [-0.4, -0.2) is 41.0 Å². The maximum absolute atomic E-state index is 10.7. The van der Waals surface area contributed by atoms with Crippen molar-refractivity contribution in [3.8, 4) is 5.75 Å². The van der Waals surface area contributed by atoms with Crippen LogP contribution in [0.1, 0.15) is 37.0 Å². The van der Waals surface area contributed by atoms with Crippen molar-refractivity contribution in [1.29, 1.82) is 0 Å². The number of benzene rings is 2. The number of β-amino-alcohol motifs (C(OH)–C–C–N with tert-alkyl or cyclic N) is 1. The standard InChI is InChI=1S/C25H29Cl2NO4.ClH/c1-25(2,13-16-11-18-5-3-4-6-19(18)12-16)28-14-20(29)15-32-21-9-7-17(8-10-22(30)31)23(26)24(21)27;/h3-10,16,20,28-29H,11-15H2,1-2H3,(H,30,31);1H/b10-8+;. The van der Waals surface area contributed by atoms with Gasteiger partial charge in [-0.05, 0) is 73.9 Å². The molecule has 0 amide bonds. The lowest BCUT2D eigenvalue weighted by molar-refractivity contribution is -0.131. The number of aliphatic hydroxyl groups is 1. The van der Waals surface area contributed by atoms with Crippen LogP contribution in [0.15, 0.2) is 42.5 Å². The Balaban J connectivity index is 0.00000385. The molecular weight excluding hydrogens is 485 g/mol. The van der Waals surface area contributed by atoms with Gasteiger partial charge >= 0.3 is 5.97 Å². The molecule has 0 saturated heterocycles. The number of carboxylic acid groups (broad SMARTS) is 1. The van der Waals surface area contributed by atoms with Crippen molar-refractivity contribution in [3.05, 3.63) is 69.2 Å². The Bertz CT molecular complexity index is 969. The molecule has 1 aliphatic carbocycles. The fourth-order valence-electron chi connectivity index (χ4n) is 4.18. The van der Waals surface area contributed by atoms with E-state index in [9.17, 15) is 9.90 Å². The van der Waals surface area contributed by atoms with Crippen molar-refractivity contribution >= 4 is 47.7 Å². The van der Waals surface area contributed by atoms with Crippen LogP contribution in [0.4, 0.5) is 0 Å². The minimum atomic E-state index is -1.08. The van der Waals surface area contributed by atoms with Crippen LogP contribution in [0, 0.1) is 5.92 Å². The van der Waals surface area contributed by atoms with Gasteiger partial charge in [-0.2, -0.15) is 0 Å². The summed E-state index contributed by atoms with van der Waals surface area (Å²) in [4.78, 5) is 10.7. The molecule has 180 valence electrons. The second-order valence-electron chi connectivity index (χ2n) is 8.93. The Hall–Kier alpha value is -1.76. The number of fused-ring (bicyclic) bond motifs is 1. The van der Waals surface area contributed by atoms with Gasteiger partial charge in [0.05, 0.1) is 5.02 Å². The second kappa shape index (κ2) is 12.1. The molecule has 5 nitrogen and oxygen atoms in total. The van der Waals surface area contributed by atoms with Crippen LogP contribution < -0.4 is 10.1 Å². The molecule has 0 fully saturated rings. The van der Waals surface area contributed by atoms with Crippen molar-refractivity contribution in [1.82, 2.24) is 5.32 Å². The minimum Gasteiger partial charge on any atom is -0.489 e. The molecule has 1 unspecified atom stereocenters. The van der Waals surface area contributed by atoms with Crippen LogP contribution in [0.5, 0.6) is 5.75 Å². The number of carboxylic acids is 1. The van der Waals surface area contributed by atoms with E-state index in [4.69, 9.17) is 33.0 Å². The van der Waals surface area contributed by atoms with Crippen LogP contribution in [0.3, 0.4) is 0 Å². The fourth-order valence-corrected chi connectivity index (χ4v) is 4.62. The molecule has 0 spiro atoms. The zero-order valence-electron chi connectivity index (χ0n) is 18.7. The Morgan fingerprint density at radius 1 is 1.18 bits per heavy atom. The molecule has 0 saturated carbocycles. The highest BCUT2D eigenvalue weighted by molar-refractivity contribution is 6.43. The molecule has 3 N–H and O–H groups in total. The molecule has 33 heavy (non-hydrogen) atoms. The van der Waals surface area contributed by atoms with Gasteiger partial charge in [0.1, 0.15) is 23.5 Å². The lowest BCUT2D eigenvalue weighted by Gasteiger charge is -2.30. The summed E-state index contributed by atoms with van der Waals surface area (Å²) in [7, 11) is 0. The summed E-state index contributed by atoms with van der Waals surface area (Å²) < 4.78 is 5.65. The summed E-state index contributed by atoms with van der Waals surface area (Å²) in [5, 5.41) is 23.0. The highest BCUT2D eigenvalue weighted by Gasteiger charge is 2.28. The van der Waals surface area contributed by atoms with Crippen molar-refractivity contribution in [2.45, 2.75) is 44.8 Å². The molecule has 8 heteroatoms. The van der Waals surface area contributed by atoms with E-state index in [1.807, 2.05) is 0 Å². The van der Waals surface area contributed by atoms with Gasteiger partial charge in [0.2, 0.25) is 0 Å². The summed E-state index contributed by atoms with van der Waals surface area (Å²) in [5.74, 6) is -0.141. The average molecular weight is 515 g/mol. The van der Waals surface area contributed by atoms with Gasteiger partial charge < -0.3 is 20.3 Å². The maximum Gasteiger partial charge on any atom is 0.328 e. The average Bonchev–Trinajstić information content (AvgIpc) is 3.14. The Morgan fingerprint density at radius 3 is 2.42 bits per heavy atom. The van der Waals surface area contributed by atoms with Crippen molar-refractivity contribution in [3.63, 3.8) is 0 Å².